The number of ether oxygens (including phenoxy) is 1. The Labute approximate surface area is 130 Å². The fourth-order valence-electron chi connectivity index (χ4n) is 1.52. The van der Waals surface area contributed by atoms with Gasteiger partial charge in [-0.3, -0.25) is 0 Å². The van der Waals surface area contributed by atoms with E-state index in [1.165, 1.54) is 6.26 Å². The average Bonchev–Trinajstić information content (AvgIpc) is 2.27. The Kier molecular flexibility index (Phi) is 6.58. The topological polar surface area (TPSA) is 55.4 Å². The summed E-state index contributed by atoms with van der Waals surface area (Å²) in [6, 6.07) is 3.65. The highest BCUT2D eigenvalue weighted by Gasteiger charge is 2.12. The van der Waals surface area contributed by atoms with E-state index in [9.17, 15) is 8.42 Å². The van der Waals surface area contributed by atoms with Crippen LogP contribution in [0, 0.1) is 0 Å². The van der Waals surface area contributed by atoms with Gasteiger partial charge in [0.2, 0.25) is 0 Å². The molecule has 1 N–H and O–H groups in total. The molecule has 114 valence electrons. The second-order valence-electron chi connectivity index (χ2n) is 4.89. The minimum Gasteiger partial charge on any atom is -0.491 e. The van der Waals surface area contributed by atoms with E-state index in [0.29, 0.717) is 28.4 Å². The highest BCUT2D eigenvalue weighted by molar-refractivity contribution is 7.90. The Bertz CT molecular complexity index is 559. The summed E-state index contributed by atoms with van der Waals surface area (Å²) in [6.45, 7) is 4.66. The van der Waals surface area contributed by atoms with Gasteiger partial charge in [-0.05, 0) is 12.1 Å². The molecular formula is C13H19Cl2NO3S. The molecule has 0 aliphatic heterocycles. The predicted molar refractivity (Wildman–Crippen MR) is 83.6 cm³/mol. The van der Waals surface area contributed by atoms with Crippen molar-refractivity contribution in [2.24, 2.45) is 0 Å². The lowest BCUT2D eigenvalue weighted by Crippen LogP contribution is -2.22. The molecule has 0 heterocycles. The highest BCUT2D eigenvalue weighted by atomic mass is 35.5. The van der Waals surface area contributed by atoms with Crippen molar-refractivity contribution in [2.45, 2.75) is 26.4 Å². The van der Waals surface area contributed by atoms with Gasteiger partial charge in [0.15, 0.2) is 9.84 Å². The second kappa shape index (κ2) is 7.50. The first kappa shape index (κ1) is 17.6. The van der Waals surface area contributed by atoms with Gasteiger partial charge in [-0.15, -0.1) is 0 Å². The van der Waals surface area contributed by atoms with E-state index >= 15 is 0 Å². The fraction of sp³-hybridized carbons (Fsp3) is 0.538. The molecule has 0 radical (unpaired) electrons. The first-order valence-electron chi connectivity index (χ1n) is 6.21. The number of hydrogen-bond donors (Lipinski definition) is 1. The van der Waals surface area contributed by atoms with Crippen LogP contribution in [0.5, 0.6) is 5.75 Å². The van der Waals surface area contributed by atoms with Gasteiger partial charge >= 0.3 is 0 Å². The van der Waals surface area contributed by atoms with E-state index in [2.05, 4.69) is 5.32 Å². The van der Waals surface area contributed by atoms with Crippen molar-refractivity contribution in [1.29, 1.82) is 0 Å². The predicted octanol–water partition coefficient (Wildman–Crippen LogP) is 2.91. The average molecular weight is 340 g/mol. The molecule has 7 heteroatoms. The third-order valence-corrected chi connectivity index (χ3v) is 3.89. The molecular weight excluding hydrogens is 321 g/mol. The molecule has 0 aliphatic carbocycles. The molecule has 0 bridgehead atoms. The summed E-state index contributed by atoms with van der Waals surface area (Å²) in [6.07, 6.45) is 1.17. The van der Waals surface area contributed by atoms with Gasteiger partial charge in [0.05, 0.1) is 10.8 Å². The first-order chi connectivity index (χ1) is 9.19. The summed E-state index contributed by atoms with van der Waals surface area (Å²) < 4.78 is 27.7. The zero-order chi connectivity index (χ0) is 15.3. The molecule has 0 unspecified atom stereocenters. The van der Waals surface area contributed by atoms with Gasteiger partial charge in [0.1, 0.15) is 12.4 Å². The van der Waals surface area contributed by atoms with Crippen molar-refractivity contribution in [1.82, 2.24) is 5.32 Å². The monoisotopic (exact) mass is 339 g/mol. The SMILES string of the molecule is CC(C)NCc1cc(Cl)cc(Cl)c1OCCS(C)(=O)=O. The molecule has 0 fully saturated rings. The van der Waals surface area contributed by atoms with Crippen molar-refractivity contribution >= 4 is 33.0 Å². The first-order valence-corrected chi connectivity index (χ1v) is 9.02. The van der Waals surface area contributed by atoms with Crippen LogP contribution in [-0.2, 0) is 16.4 Å². The summed E-state index contributed by atoms with van der Waals surface area (Å²) in [4.78, 5) is 0. The van der Waals surface area contributed by atoms with E-state index in [1.807, 2.05) is 13.8 Å². The molecule has 1 rings (SSSR count). The van der Waals surface area contributed by atoms with E-state index in [1.54, 1.807) is 12.1 Å². The van der Waals surface area contributed by atoms with Gasteiger partial charge < -0.3 is 10.1 Å². The second-order valence-corrected chi connectivity index (χ2v) is 7.99. The largest absolute Gasteiger partial charge is 0.491 e. The van der Waals surface area contributed by atoms with Gasteiger partial charge in [-0.25, -0.2) is 8.42 Å². The molecule has 0 aliphatic rings. The number of nitrogens with one attached hydrogen (secondary N) is 1. The molecule has 20 heavy (non-hydrogen) atoms. The summed E-state index contributed by atoms with van der Waals surface area (Å²) in [5.41, 5.74) is 0.810. The van der Waals surface area contributed by atoms with Crippen molar-refractivity contribution < 1.29 is 13.2 Å². The van der Waals surface area contributed by atoms with Crippen molar-refractivity contribution in [3.63, 3.8) is 0 Å². The van der Waals surface area contributed by atoms with E-state index in [0.717, 1.165) is 5.56 Å². The standard InChI is InChI=1S/C13H19Cl2NO3S/c1-9(2)16-8-10-6-11(14)7-12(15)13(10)19-4-5-20(3,17)18/h6-7,9,16H,4-5,8H2,1-3H3. The summed E-state index contributed by atoms with van der Waals surface area (Å²) in [5.74, 6) is 0.427. The molecule has 0 saturated carbocycles. The molecule has 0 atom stereocenters. The maximum absolute atomic E-state index is 11.1. The lowest BCUT2D eigenvalue weighted by Gasteiger charge is -2.15. The van der Waals surface area contributed by atoms with Crippen LogP contribution >= 0.6 is 23.2 Å². The maximum Gasteiger partial charge on any atom is 0.150 e. The van der Waals surface area contributed by atoms with E-state index in [-0.39, 0.29) is 12.4 Å². The van der Waals surface area contributed by atoms with E-state index in [4.69, 9.17) is 27.9 Å². The zero-order valence-electron chi connectivity index (χ0n) is 11.7. The Morgan fingerprint density at radius 3 is 2.50 bits per heavy atom. The summed E-state index contributed by atoms with van der Waals surface area (Å²) in [7, 11) is -3.06. The van der Waals surface area contributed by atoms with Crippen LogP contribution in [0.3, 0.4) is 0 Å². The fourth-order valence-corrected chi connectivity index (χ4v) is 2.49. The normalized spacial score (nSPS) is 11.9. The van der Waals surface area contributed by atoms with Crippen LogP contribution < -0.4 is 10.1 Å². The van der Waals surface area contributed by atoms with Crippen LogP contribution in [0.2, 0.25) is 10.0 Å². The van der Waals surface area contributed by atoms with Gasteiger partial charge in [-0.1, -0.05) is 37.0 Å². The Morgan fingerprint density at radius 2 is 1.95 bits per heavy atom. The number of sulfone groups is 1. The molecule has 4 nitrogen and oxygen atoms in total. The summed E-state index contributed by atoms with van der Waals surface area (Å²) in [5, 5.41) is 4.15. The Balaban J connectivity index is 2.86. The van der Waals surface area contributed by atoms with Crippen molar-refractivity contribution in [2.75, 3.05) is 18.6 Å². The van der Waals surface area contributed by atoms with Gasteiger partial charge in [-0.2, -0.15) is 0 Å². The van der Waals surface area contributed by atoms with Crippen LogP contribution in [0.4, 0.5) is 0 Å². The van der Waals surface area contributed by atoms with Gasteiger partial charge in [0.25, 0.3) is 0 Å². The number of benzene rings is 1. The molecule has 1 aromatic rings. The molecule has 0 saturated heterocycles. The maximum atomic E-state index is 11.1. The number of rotatable bonds is 7. The molecule has 1 aromatic carbocycles. The molecule has 0 amide bonds. The summed E-state index contributed by atoms with van der Waals surface area (Å²) >= 11 is 12.1. The van der Waals surface area contributed by atoms with Crippen LogP contribution in [-0.4, -0.2) is 33.1 Å². The zero-order valence-corrected chi connectivity index (χ0v) is 14.1. The third kappa shape index (κ3) is 6.31. The van der Waals surface area contributed by atoms with Crippen molar-refractivity contribution in [3.05, 3.63) is 27.7 Å². The number of halogens is 2. The lowest BCUT2D eigenvalue weighted by atomic mass is 10.2. The Morgan fingerprint density at radius 1 is 1.30 bits per heavy atom. The molecule has 0 spiro atoms. The van der Waals surface area contributed by atoms with E-state index < -0.39 is 9.84 Å². The quantitative estimate of drug-likeness (QED) is 0.829. The van der Waals surface area contributed by atoms with Gasteiger partial charge in [0, 0.05) is 29.4 Å². The van der Waals surface area contributed by atoms with Crippen LogP contribution in [0.15, 0.2) is 12.1 Å². The minimum atomic E-state index is -3.06. The minimum absolute atomic E-state index is 0.0526. The Hall–Kier alpha value is -0.490. The third-order valence-electron chi connectivity index (χ3n) is 2.49. The van der Waals surface area contributed by atoms with Crippen molar-refractivity contribution in [3.8, 4) is 5.75 Å². The lowest BCUT2D eigenvalue weighted by molar-refractivity contribution is 0.336. The number of hydrogen-bond acceptors (Lipinski definition) is 4. The van der Waals surface area contributed by atoms with Crippen LogP contribution in [0.25, 0.3) is 0 Å². The highest BCUT2D eigenvalue weighted by Crippen LogP contribution is 2.32. The van der Waals surface area contributed by atoms with Crippen LogP contribution in [0.1, 0.15) is 19.4 Å². The molecule has 0 aromatic heterocycles. The smallest absolute Gasteiger partial charge is 0.150 e.